The molecule has 0 aromatic carbocycles. The Labute approximate surface area is 604 Å². The average molecular weight is 1380 g/mol. The molecule has 12 heteroatoms. The van der Waals surface area contributed by atoms with Crippen molar-refractivity contribution in [2.45, 2.75) is 407 Å². The van der Waals surface area contributed by atoms with E-state index in [1.165, 1.54) is 225 Å². The molecule has 12 nitrogen and oxygen atoms in total. The van der Waals surface area contributed by atoms with Crippen molar-refractivity contribution in [3.63, 3.8) is 0 Å². The zero-order chi connectivity index (χ0) is 71.6. The van der Waals surface area contributed by atoms with Crippen LogP contribution in [0.3, 0.4) is 0 Å². The first kappa shape index (κ1) is 94.2. The van der Waals surface area contributed by atoms with Crippen LogP contribution in [-0.2, 0) is 47.7 Å². The third-order valence-electron chi connectivity index (χ3n) is 19.1. The van der Waals surface area contributed by atoms with Crippen molar-refractivity contribution in [1.82, 2.24) is 4.90 Å². The minimum absolute atomic E-state index is 0.0569. The SMILES string of the molecule is CCCCC/C=C\C/C=C\CCCCCCCC(=O)OCC(COC(=O)CCCCCCC/C=C\C/C=C\CCCCC)COC(=O)C1(C)CCN(C)C1.CCCCCCCCCCCCCCCCCC(=O)OC[C@H](CO)OC(=O)CCCCCCCCCCCCCCCCC. The highest BCUT2D eigenvalue weighted by molar-refractivity contribution is 5.77. The van der Waals surface area contributed by atoms with Crippen LogP contribution in [0, 0.1) is 11.3 Å². The lowest BCUT2D eigenvalue weighted by Crippen LogP contribution is -2.35. The van der Waals surface area contributed by atoms with Crippen LogP contribution in [0.4, 0.5) is 0 Å². The second-order valence-electron chi connectivity index (χ2n) is 29.2. The third-order valence-corrected chi connectivity index (χ3v) is 19.1. The number of carbonyl (C=O) groups is 5. The number of unbranched alkanes of at least 4 members (excludes halogenated alkanes) is 44. The topological polar surface area (TPSA) is 155 Å². The molecule has 0 amide bonds. The van der Waals surface area contributed by atoms with E-state index < -0.39 is 17.4 Å². The van der Waals surface area contributed by atoms with Crippen LogP contribution in [0.5, 0.6) is 0 Å². The fraction of sp³-hybridized carbons (Fsp3) is 0.849. The number of aliphatic hydroxyl groups excluding tert-OH is 1. The highest BCUT2D eigenvalue weighted by Crippen LogP contribution is 2.31. The van der Waals surface area contributed by atoms with Gasteiger partial charge in [0.1, 0.15) is 26.4 Å². The molecule has 0 spiro atoms. The molecule has 0 bridgehead atoms. The van der Waals surface area contributed by atoms with Gasteiger partial charge in [-0.1, -0.05) is 320 Å². The smallest absolute Gasteiger partial charge is 0.313 e. The van der Waals surface area contributed by atoms with E-state index in [9.17, 15) is 29.1 Å². The van der Waals surface area contributed by atoms with Crippen molar-refractivity contribution in [2.75, 3.05) is 53.2 Å². The number of ether oxygens (including phenoxy) is 5. The van der Waals surface area contributed by atoms with E-state index >= 15 is 0 Å². The minimum Gasteiger partial charge on any atom is -0.465 e. The van der Waals surface area contributed by atoms with Crippen LogP contribution in [0.1, 0.15) is 401 Å². The Bertz CT molecular complexity index is 1850. The first-order chi connectivity index (χ1) is 47.9. The summed E-state index contributed by atoms with van der Waals surface area (Å²) in [6.07, 6.45) is 83.3. The molecule has 0 aliphatic carbocycles. The number of likely N-dealkylation sites (tertiary alicyclic amines) is 1. The summed E-state index contributed by atoms with van der Waals surface area (Å²) < 4.78 is 27.5. The summed E-state index contributed by atoms with van der Waals surface area (Å²) in [6.45, 7) is 12.3. The van der Waals surface area contributed by atoms with Crippen molar-refractivity contribution < 1.29 is 52.8 Å². The van der Waals surface area contributed by atoms with Gasteiger partial charge in [0.05, 0.1) is 17.9 Å². The predicted molar refractivity (Wildman–Crippen MR) is 412 cm³/mol. The molecule has 1 saturated heterocycles. The first-order valence-corrected chi connectivity index (χ1v) is 41.7. The lowest BCUT2D eigenvalue weighted by Gasteiger charge is -2.24. The van der Waals surface area contributed by atoms with Gasteiger partial charge in [-0.3, -0.25) is 24.0 Å². The van der Waals surface area contributed by atoms with Gasteiger partial charge in [-0.15, -0.1) is 0 Å². The summed E-state index contributed by atoms with van der Waals surface area (Å²) in [7, 11) is 2.00. The van der Waals surface area contributed by atoms with Gasteiger partial charge in [-0.05, 0) is 117 Å². The Morgan fingerprint density at radius 3 is 0.929 bits per heavy atom. The molecule has 1 N–H and O–H groups in total. The normalized spacial score (nSPS) is 14.5. The zero-order valence-corrected chi connectivity index (χ0v) is 65.0. The number of hydrogen-bond donors (Lipinski definition) is 1. The van der Waals surface area contributed by atoms with E-state index in [0.29, 0.717) is 32.2 Å². The largest absolute Gasteiger partial charge is 0.465 e. The van der Waals surface area contributed by atoms with Gasteiger partial charge in [0.2, 0.25) is 0 Å². The average Bonchev–Trinajstić information content (AvgIpc) is 1.69. The Morgan fingerprint density at radius 2 is 0.622 bits per heavy atom. The van der Waals surface area contributed by atoms with Crippen molar-refractivity contribution in [1.29, 1.82) is 0 Å². The Morgan fingerprint density at radius 1 is 0.357 bits per heavy atom. The van der Waals surface area contributed by atoms with Crippen molar-refractivity contribution in [2.24, 2.45) is 11.3 Å². The molecule has 98 heavy (non-hydrogen) atoms. The van der Waals surface area contributed by atoms with Gasteiger partial charge in [0, 0.05) is 32.2 Å². The summed E-state index contributed by atoms with van der Waals surface area (Å²) >= 11 is 0. The number of aliphatic hydroxyl groups is 1. The van der Waals surface area contributed by atoms with E-state index in [1.54, 1.807) is 0 Å². The van der Waals surface area contributed by atoms with Gasteiger partial charge in [-0.25, -0.2) is 0 Å². The maximum Gasteiger partial charge on any atom is 0.313 e. The number of carbonyl (C=O) groups excluding carboxylic acids is 5. The standard InChI is InChI=1S/C47H81NO6.C39H76O5/c1-5-7-9-11-13-15-17-19-21-23-25-27-29-31-33-35-44(49)52-39-43(41-54-46(51)47(3)37-38-48(4)42-47)40-53-45(50)36-34-32-30-28-26-24-22-20-18-16-14-12-10-8-6-2;1-3-5-7-9-11-13-15-17-19-21-23-25-27-29-31-33-38(41)43-36-37(35-40)44-39(42)34-32-30-28-26-24-22-20-18-16-14-12-10-8-6-4-2/h13-16,19-22,43H,5-12,17-18,23-42H2,1-4H3;37,40H,3-36H2,1-2H3/b15-13-,16-14-,21-19-,22-20-;/t;37-/m.0/s1. The Hall–Kier alpha value is -3.77. The highest BCUT2D eigenvalue weighted by atomic mass is 16.6. The van der Waals surface area contributed by atoms with E-state index in [4.69, 9.17) is 23.7 Å². The van der Waals surface area contributed by atoms with Crippen LogP contribution in [0.2, 0.25) is 0 Å². The number of allylic oxidation sites excluding steroid dienone is 8. The lowest BCUT2D eigenvalue weighted by molar-refractivity contribution is -0.161. The molecule has 2 atom stereocenters. The van der Waals surface area contributed by atoms with Gasteiger partial charge in [-0.2, -0.15) is 0 Å². The Balaban J connectivity index is 0.00000196. The zero-order valence-electron chi connectivity index (χ0n) is 65.0. The molecular weight excluding hydrogens is 1220 g/mol. The number of nitrogens with zero attached hydrogens (tertiary/aromatic N) is 1. The van der Waals surface area contributed by atoms with E-state index in [-0.39, 0.29) is 62.9 Å². The van der Waals surface area contributed by atoms with Gasteiger partial charge in [0.25, 0.3) is 0 Å². The van der Waals surface area contributed by atoms with Crippen molar-refractivity contribution in [3.05, 3.63) is 48.6 Å². The van der Waals surface area contributed by atoms with Crippen molar-refractivity contribution >= 4 is 29.8 Å². The molecule has 1 aliphatic rings. The van der Waals surface area contributed by atoms with Gasteiger partial charge >= 0.3 is 29.8 Å². The number of hydrogen-bond acceptors (Lipinski definition) is 12. The Kier molecular flexibility index (Phi) is 71.6. The van der Waals surface area contributed by atoms with Crippen LogP contribution < -0.4 is 0 Å². The van der Waals surface area contributed by atoms with Crippen LogP contribution in [-0.4, -0.2) is 99.1 Å². The molecule has 0 aromatic heterocycles. The number of rotatable bonds is 71. The second kappa shape index (κ2) is 74.4. The van der Waals surface area contributed by atoms with Crippen LogP contribution >= 0.6 is 0 Å². The highest BCUT2D eigenvalue weighted by Gasteiger charge is 2.41. The number of esters is 5. The van der Waals surface area contributed by atoms with Crippen LogP contribution in [0.15, 0.2) is 48.6 Å². The monoisotopic (exact) mass is 1380 g/mol. The fourth-order valence-electron chi connectivity index (χ4n) is 12.5. The predicted octanol–water partition coefficient (Wildman–Crippen LogP) is 24.2. The van der Waals surface area contributed by atoms with Gasteiger partial charge in [0.15, 0.2) is 6.10 Å². The maximum absolute atomic E-state index is 13.0. The molecule has 1 fully saturated rings. The second-order valence-corrected chi connectivity index (χ2v) is 29.2. The molecule has 572 valence electrons. The maximum atomic E-state index is 13.0. The quantitative estimate of drug-likeness (QED) is 0.0267. The van der Waals surface area contributed by atoms with E-state index in [1.807, 2.05) is 14.0 Å². The molecule has 1 unspecified atom stereocenters. The molecular formula is C86H157NO11. The summed E-state index contributed by atoms with van der Waals surface area (Å²) in [5.41, 5.74) is -0.547. The van der Waals surface area contributed by atoms with Gasteiger partial charge < -0.3 is 33.7 Å². The summed E-state index contributed by atoms with van der Waals surface area (Å²) in [5, 5.41) is 9.54. The molecule has 1 heterocycles. The minimum atomic E-state index is -0.760. The molecule has 0 radical (unpaired) electrons. The third kappa shape index (κ3) is 66.8. The molecule has 0 aromatic rings. The summed E-state index contributed by atoms with van der Waals surface area (Å²) in [5.74, 6) is -1.71. The molecule has 0 saturated carbocycles. The fourth-order valence-corrected chi connectivity index (χ4v) is 12.5. The first-order valence-electron chi connectivity index (χ1n) is 41.7. The molecule has 1 aliphatic heterocycles. The molecule has 1 rings (SSSR count). The lowest BCUT2D eigenvalue weighted by atomic mass is 9.90. The summed E-state index contributed by atoms with van der Waals surface area (Å²) in [6, 6.07) is 0. The van der Waals surface area contributed by atoms with Crippen molar-refractivity contribution in [3.8, 4) is 0 Å². The van der Waals surface area contributed by atoms with E-state index in [0.717, 1.165) is 122 Å². The van der Waals surface area contributed by atoms with Crippen LogP contribution in [0.25, 0.3) is 0 Å². The van der Waals surface area contributed by atoms with E-state index in [2.05, 4.69) is 81.2 Å². The summed E-state index contributed by atoms with van der Waals surface area (Å²) in [4.78, 5) is 64.4.